The van der Waals surface area contributed by atoms with Gasteiger partial charge in [0.15, 0.2) is 5.78 Å². The normalized spacial score (nSPS) is 11.3. The Balaban J connectivity index is 3.13. The standard InChI is InChI=1S/C10H9BrF3NO2/c11-5-4-7(16)9-6(15)2-1-3-8(9)17-10(12,13)14/h1-3H,4-5,15H2. The molecule has 0 bridgehead atoms. The molecule has 0 unspecified atom stereocenters. The Morgan fingerprint density at radius 1 is 1.41 bits per heavy atom. The smallest absolute Gasteiger partial charge is 0.405 e. The van der Waals surface area contributed by atoms with Crippen molar-refractivity contribution in [2.45, 2.75) is 12.8 Å². The summed E-state index contributed by atoms with van der Waals surface area (Å²) >= 11 is 3.03. The van der Waals surface area contributed by atoms with Gasteiger partial charge in [0.25, 0.3) is 0 Å². The second kappa shape index (κ2) is 5.39. The zero-order chi connectivity index (χ0) is 13.1. The van der Waals surface area contributed by atoms with Gasteiger partial charge in [-0.15, -0.1) is 13.2 Å². The van der Waals surface area contributed by atoms with Gasteiger partial charge in [0.1, 0.15) is 5.75 Å². The first kappa shape index (κ1) is 13.8. The minimum atomic E-state index is -4.85. The lowest BCUT2D eigenvalue weighted by Crippen LogP contribution is -2.19. The molecule has 94 valence electrons. The highest BCUT2D eigenvalue weighted by atomic mass is 79.9. The van der Waals surface area contributed by atoms with Gasteiger partial charge in [-0.3, -0.25) is 4.79 Å². The van der Waals surface area contributed by atoms with Crippen LogP contribution in [0, 0.1) is 0 Å². The van der Waals surface area contributed by atoms with Crippen LogP contribution in [0.25, 0.3) is 0 Å². The predicted molar refractivity (Wildman–Crippen MR) is 60.3 cm³/mol. The van der Waals surface area contributed by atoms with Crippen LogP contribution >= 0.6 is 15.9 Å². The van der Waals surface area contributed by atoms with E-state index < -0.39 is 17.9 Å². The Morgan fingerprint density at radius 2 is 2.06 bits per heavy atom. The molecule has 0 aliphatic rings. The number of carbonyl (C=O) groups excluding carboxylic acids is 1. The minimum Gasteiger partial charge on any atom is -0.405 e. The summed E-state index contributed by atoms with van der Waals surface area (Å²) in [7, 11) is 0. The lowest BCUT2D eigenvalue weighted by Gasteiger charge is -2.13. The molecule has 0 saturated carbocycles. The number of ketones is 1. The van der Waals surface area contributed by atoms with E-state index in [1.54, 1.807) is 0 Å². The third kappa shape index (κ3) is 3.92. The molecule has 1 aromatic rings. The van der Waals surface area contributed by atoms with Crippen molar-refractivity contribution in [3.8, 4) is 5.75 Å². The van der Waals surface area contributed by atoms with Crippen LogP contribution in [0.2, 0.25) is 0 Å². The summed E-state index contributed by atoms with van der Waals surface area (Å²) in [6.45, 7) is 0. The van der Waals surface area contributed by atoms with E-state index >= 15 is 0 Å². The molecule has 0 heterocycles. The maximum absolute atomic E-state index is 12.1. The number of nitrogen functional groups attached to an aromatic ring is 1. The highest BCUT2D eigenvalue weighted by molar-refractivity contribution is 9.09. The summed E-state index contributed by atoms with van der Waals surface area (Å²) in [5, 5.41) is 0.339. The first-order valence-electron chi connectivity index (χ1n) is 4.58. The number of Topliss-reactive ketones (excluding diaryl/α,β-unsaturated/α-hetero) is 1. The van der Waals surface area contributed by atoms with Crippen molar-refractivity contribution < 1.29 is 22.7 Å². The van der Waals surface area contributed by atoms with Crippen molar-refractivity contribution in [3.63, 3.8) is 0 Å². The van der Waals surface area contributed by atoms with E-state index in [0.717, 1.165) is 6.07 Å². The number of hydrogen-bond acceptors (Lipinski definition) is 3. The van der Waals surface area contributed by atoms with Crippen molar-refractivity contribution >= 4 is 27.4 Å². The van der Waals surface area contributed by atoms with Crippen LogP contribution in [-0.2, 0) is 0 Å². The van der Waals surface area contributed by atoms with Crippen LogP contribution in [0.1, 0.15) is 16.8 Å². The second-order valence-corrected chi connectivity index (χ2v) is 3.92. The quantitative estimate of drug-likeness (QED) is 0.528. The summed E-state index contributed by atoms with van der Waals surface area (Å²) < 4.78 is 40.1. The van der Waals surface area contributed by atoms with Crippen molar-refractivity contribution in [3.05, 3.63) is 23.8 Å². The lowest BCUT2D eigenvalue weighted by atomic mass is 10.1. The van der Waals surface area contributed by atoms with Gasteiger partial charge in [-0.25, -0.2) is 0 Å². The van der Waals surface area contributed by atoms with Crippen molar-refractivity contribution in [1.82, 2.24) is 0 Å². The van der Waals surface area contributed by atoms with Crippen molar-refractivity contribution in [2.24, 2.45) is 0 Å². The zero-order valence-electron chi connectivity index (χ0n) is 8.55. The van der Waals surface area contributed by atoms with Gasteiger partial charge in [0.05, 0.1) is 5.56 Å². The Morgan fingerprint density at radius 3 is 2.59 bits per heavy atom. The number of carbonyl (C=O) groups is 1. The molecule has 1 aromatic carbocycles. The average molecular weight is 312 g/mol. The van der Waals surface area contributed by atoms with Crippen LogP contribution in [0.5, 0.6) is 5.75 Å². The molecular weight excluding hydrogens is 303 g/mol. The summed E-state index contributed by atoms with van der Waals surface area (Å²) in [6, 6.07) is 3.71. The number of rotatable bonds is 4. The summed E-state index contributed by atoms with van der Waals surface area (Å²) in [5.41, 5.74) is 5.23. The molecule has 0 aromatic heterocycles. The van der Waals surface area contributed by atoms with E-state index in [0.29, 0.717) is 5.33 Å². The fourth-order valence-corrected chi connectivity index (χ4v) is 1.63. The van der Waals surface area contributed by atoms with E-state index in [1.807, 2.05) is 0 Å². The fourth-order valence-electron chi connectivity index (χ4n) is 1.27. The van der Waals surface area contributed by atoms with Crippen LogP contribution < -0.4 is 10.5 Å². The maximum atomic E-state index is 12.1. The highest BCUT2D eigenvalue weighted by Gasteiger charge is 2.33. The SMILES string of the molecule is Nc1cccc(OC(F)(F)F)c1C(=O)CCBr. The number of benzene rings is 1. The lowest BCUT2D eigenvalue weighted by molar-refractivity contribution is -0.274. The van der Waals surface area contributed by atoms with Gasteiger partial charge in [0, 0.05) is 17.4 Å². The van der Waals surface area contributed by atoms with E-state index in [9.17, 15) is 18.0 Å². The Kier molecular flexibility index (Phi) is 4.39. The molecule has 0 aliphatic heterocycles. The Hall–Kier alpha value is -1.24. The molecule has 0 fully saturated rings. The molecule has 1 rings (SSSR count). The molecule has 0 spiro atoms. The summed E-state index contributed by atoms with van der Waals surface area (Å²) in [5.74, 6) is -1.07. The third-order valence-electron chi connectivity index (χ3n) is 1.88. The molecule has 0 saturated heterocycles. The van der Waals surface area contributed by atoms with Gasteiger partial charge in [-0.2, -0.15) is 0 Å². The molecule has 0 amide bonds. The van der Waals surface area contributed by atoms with Crippen LogP contribution in [0.3, 0.4) is 0 Å². The first-order valence-corrected chi connectivity index (χ1v) is 5.70. The molecule has 17 heavy (non-hydrogen) atoms. The molecule has 7 heteroatoms. The van der Waals surface area contributed by atoms with Gasteiger partial charge >= 0.3 is 6.36 Å². The zero-order valence-corrected chi connectivity index (χ0v) is 10.1. The predicted octanol–water partition coefficient (Wildman–Crippen LogP) is 3.14. The van der Waals surface area contributed by atoms with Crippen molar-refractivity contribution in [2.75, 3.05) is 11.1 Å². The van der Waals surface area contributed by atoms with Gasteiger partial charge in [-0.05, 0) is 12.1 Å². The molecule has 0 radical (unpaired) electrons. The molecule has 2 N–H and O–H groups in total. The Bertz CT molecular complexity index is 421. The van der Waals surface area contributed by atoms with Gasteiger partial charge in [-0.1, -0.05) is 22.0 Å². The van der Waals surface area contributed by atoms with E-state index in [2.05, 4.69) is 20.7 Å². The van der Waals surface area contributed by atoms with E-state index in [-0.39, 0.29) is 17.7 Å². The van der Waals surface area contributed by atoms with E-state index in [1.165, 1.54) is 12.1 Å². The van der Waals surface area contributed by atoms with Crippen molar-refractivity contribution in [1.29, 1.82) is 0 Å². The number of anilines is 1. The summed E-state index contributed by atoms with van der Waals surface area (Å²) in [4.78, 5) is 11.6. The molecule has 0 atom stereocenters. The number of alkyl halides is 4. The topological polar surface area (TPSA) is 52.3 Å². The van der Waals surface area contributed by atoms with E-state index in [4.69, 9.17) is 5.73 Å². The van der Waals surface area contributed by atoms with Gasteiger partial charge in [0.2, 0.25) is 0 Å². The Labute approximate surface area is 104 Å². The number of nitrogens with two attached hydrogens (primary N) is 1. The van der Waals surface area contributed by atoms with Gasteiger partial charge < -0.3 is 10.5 Å². The van der Waals surface area contributed by atoms with Crippen LogP contribution in [0.15, 0.2) is 18.2 Å². The fraction of sp³-hybridized carbons (Fsp3) is 0.300. The van der Waals surface area contributed by atoms with Crippen LogP contribution in [-0.4, -0.2) is 17.5 Å². The number of hydrogen-bond donors (Lipinski definition) is 1. The average Bonchev–Trinajstić information content (AvgIpc) is 2.15. The number of halogens is 4. The number of ether oxygens (including phenoxy) is 1. The summed E-state index contributed by atoms with van der Waals surface area (Å²) in [6.07, 6.45) is -4.81. The highest BCUT2D eigenvalue weighted by Crippen LogP contribution is 2.30. The largest absolute Gasteiger partial charge is 0.573 e. The maximum Gasteiger partial charge on any atom is 0.573 e. The molecular formula is C10H9BrF3NO2. The molecule has 3 nitrogen and oxygen atoms in total. The second-order valence-electron chi connectivity index (χ2n) is 3.13. The minimum absolute atomic E-state index is 0.0299. The molecule has 0 aliphatic carbocycles. The van der Waals surface area contributed by atoms with Crippen LogP contribution in [0.4, 0.5) is 18.9 Å². The first-order chi connectivity index (χ1) is 7.85. The monoisotopic (exact) mass is 311 g/mol. The third-order valence-corrected chi connectivity index (χ3v) is 2.28.